The smallest absolute Gasteiger partial charge is 0.275 e. The monoisotopic (exact) mass is 248 g/mol. The maximum Gasteiger partial charge on any atom is 0.275 e. The van der Waals surface area contributed by atoms with E-state index in [0.717, 1.165) is 5.75 Å². The van der Waals surface area contributed by atoms with Gasteiger partial charge in [0.1, 0.15) is 11.4 Å². The first-order chi connectivity index (χ1) is 8.20. The van der Waals surface area contributed by atoms with E-state index in [2.05, 4.69) is 10.3 Å². The van der Waals surface area contributed by atoms with Crippen LogP contribution in [0.1, 0.15) is 12.5 Å². The van der Waals surface area contributed by atoms with Gasteiger partial charge in [0.15, 0.2) is 5.17 Å². The number of carbonyl (C=O) groups excluding carboxylic acids is 1. The number of aliphatic imine (C=N–C) groups is 1. The fraction of sp³-hybridized carbons (Fsp3) is 0.167. The van der Waals surface area contributed by atoms with Crippen molar-refractivity contribution in [2.24, 2.45) is 4.99 Å². The zero-order valence-corrected chi connectivity index (χ0v) is 10.1. The number of hydrogen-bond donors (Lipinski definition) is 2. The summed E-state index contributed by atoms with van der Waals surface area (Å²) in [6.45, 7) is 1.99. The lowest BCUT2D eigenvalue weighted by molar-refractivity contribution is -0.115. The van der Waals surface area contributed by atoms with Crippen molar-refractivity contribution in [1.82, 2.24) is 5.32 Å². The number of aromatic hydroxyl groups is 1. The van der Waals surface area contributed by atoms with Gasteiger partial charge in [0.05, 0.1) is 0 Å². The molecule has 0 saturated heterocycles. The van der Waals surface area contributed by atoms with Crippen molar-refractivity contribution in [3.05, 3.63) is 35.5 Å². The maximum atomic E-state index is 11.6. The predicted octanol–water partition coefficient (Wildman–Crippen LogP) is 1.97. The Morgan fingerprint density at radius 3 is 2.94 bits per heavy atom. The van der Waals surface area contributed by atoms with Gasteiger partial charge in [-0.2, -0.15) is 0 Å². The molecule has 0 radical (unpaired) electrons. The molecule has 1 aromatic carbocycles. The van der Waals surface area contributed by atoms with Crippen LogP contribution in [0.2, 0.25) is 0 Å². The van der Waals surface area contributed by atoms with Crippen LogP contribution in [0.25, 0.3) is 6.08 Å². The second-order valence-electron chi connectivity index (χ2n) is 3.39. The van der Waals surface area contributed by atoms with Crippen LogP contribution in [0.15, 0.2) is 35.0 Å². The van der Waals surface area contributed by atoms with Gasteiger partial charge < -0.3 is 5.11 Å². The average molecular weight is 248 g/mol. The van der Waals surface area contributed by atoms with Crippen LogP contribution in [0, 0.1) is 0 Å². The molecule has 1 aliphatic heterocycles. The first kappa shape index (κ1) is 11.7. The fourth-order valence-electron chi connectivity index (χ4n) is 1.41. The second kappa shape index (κ2) is 5.05. The molecule has 5 heteroatoms. The Balaban J connectivity index is 2.28. The minimum atomic E-state index is -0.232. The summed E-state index contributed by atoms with van der Waals surface area (Å²) < 4.78 is 0. The summed E-state index contributed by atoms with van der Waals surface area (Å²) in [6.07, 6.45) is 1.58. The Morgan fingerprint density at radius 1 is 1.47 bits per heavy atom. The number of nitrogens with zero attached hydrogens (tertiary/aromatic N) is 1. The number of carbonyl (C=O) groups is 1. The van der Waals surface area contributed by atoms with Crippen LogP contribution in [-0.2, 0) is 4.79 Å². The minimum absolute atomic E-state index is 0.139. The fourth-order valence-corrected chi connectivity index (χ4v) is 2.01. The molecule has 0 unspecified atom stereocenters. The molecule has 1 amide bonds. The quantitative estimate of drug-likeness (QED) is 0.787. The van der Waals surface area contributed by atoms with E-state index in [9.17, 15) is 9.90 Å². The first-order valence-electron chi connectivity index (χ1n) is 5.23. The van der Waals surface area contributed by atoms with E-state index in [1.807, 2.05) is 6.92 Å². The predicted molar refractivity (Wildman–Crippen MR) is 69.8 cm³/mol. The number of hydrogen-bond acceptors (Lipinski definition) is 4. The molecule has 0 spiro atoms. The molecule has 1 aliphatic rings. The summed E-state index contributed by atoms with van der Waals surface area (Å²) in [6, 6.07) is 6.83. The highest BCUT2D eigenvalue weighted by Gasteiger charge is 2.19. The standard InChI is InChI=1S/C12H12N2O2S/c1-2-17-12-13-9(11(16)14-12)7-8-5-3-4-6-10(8)15/h3-7,15H,2H2,1H3,(H,13,14,16)/b9-7+. The third kappa shape index (κ3) is 2.68. The molecule has 0 fully saturated rings. The molecule has 0 saturated carbocycles. The van der Waals surface area contributed by atoms with Crippen LogP contribution in [-0.4, -0.2) is 21.9 Å². The molecule has 2 rings (SSSR count). The highest BCUT2D eigenvalue weighted by atomic mass is 32.2. The van der Waals surface area contributed by atoms with Crippen molar-refractivity contribution in [2.45, 2.75) is 6.92 Å². The molecule has 1 heterocycles. The third-order valence-electron chi connectivity index (χ3n) is 2.19. The number of phenolic OH excluding ortho intramolecular Hbond substituents is 1. The summed E-state index contributed by atoms with van der Waals surface area (Å²) >= 11 is 1.48. The van der Waals surface area contributed by atoms with Crippen molar-refractivity contribution in [2.75, 3.05) is 5.75 Å². The van der Waals surface area contributed by atoms with Crippen molar-refractivity contribution in [3.8, 4) is 5.75 Å². The Kier molecular flexibility index (Phi) is 3.49. The van der Waals surface area contributed by atoms with Crippen molar-refractivity contribution in [3.63, 3.8) is 0 Å². The molecular weight excluding hydrogens is 236 g/mol. The summed E-state index contributed by atoms with van der Waals surface area (Å²) in [7, 11) is 0. The zero-order chi connectivity index (χ0) is 12.3. The molecule has 17 heavy (non-hydrogen) atoms. The SMILES string of the molecule is CCSC1=N/C(=C/c2ccccc2O)C(=O)N1. The van der Waals surface area contributed by atoms with E-state index in [1.165, 1.54) is 11.8 Å². The van der Waals surface area contributed by atoms with Crippen molar-refractivity contribution >= 4 is 28.9 Å². The Hall–Kier alpha value is -1.75. The van der Waals surface area contributed by atoms with Gasteiger partial charge in [0.25, 0.3) is 5.91 Å². The zero-order valence-electron chi connectivity index (χ0n) is 9.30. The lowest BCUT2D eigenvalue weighted by atomic mass is 10.1. The second-order valence-corrected chi connectivity index (χ2v) is 4.65. The van der Waals surface area contributed by atoms with Gasteiger partial charge in [0, 0.05) is 5.56 Å². The summed E-state index contributed by atoms with van der Waals surface area (Å²) in [5.74, 6) is 0.756. The lowest BCUT2D eigenvalue weighted by Gasteiger charge is -1.97. The molecule has 0 bridgehead atoms. The maximum absolute atomic E-state index is 11.6. The molecule has 0 aromatic heterocycles. The van der Waals surface area contributed by atoms with Crippen molar-refractivity contribution < 1.29 is 9.90 Å². The van der Waals surface area contributed by atoms with E-state index in [-0.39, 0.29) is 11.7 Å². The van der Waals surface area contributed by atoms with Gasteiger partial charge in [-0.15, -0.1) is 0 Å². The highest BCUT2D eigenvalue weighted by molar-refractivity contribution is 8.13. The number of thioether (sulfide) groups is 1. The van der Waals surface area contributed by atoms with Gasteiger partial charge in [-0.3, -0.25) is 10.1 Å². The molecule has 4 nitrogen and oxygen atoms in total. The van der Waals surface area contributed by atoms with Gasteiger partial charge >= 0.3 is 0 Å². The molecular formula is C12H12N2O2S. The third-order valence-corrected chi connectivity index (χ3v) is 2.94. The van der Waals surface area contributed by atoms with E-state index < -0.39 is 0 Å². The Bertz CT molecular complexity index is 509. The first-order valence-corrected chi connectivity index (χ1v) is 6.22. The van der Waals surface area contributed by atoms with E-state index in [4.69, 9.17) is 0 Å². The van der Waals surface area contributed by atoms with Crippen LogP contribution in [0.4, 0.5) is 0 Å². The summed E-state index contributed by atoms with van der Waals surface area (Å²) in [5.41, 5.74) is 0.909. The van der Waals surface area contributed by atoms with Crippen LogP contribution in [0.5, 0.6) is 5.75 Å². The van der Waals surface area contributed by atoms with E-state index in [0.29, 0.717) is 16.4 Å². The molecule has 0 aliphatic carbocycles. The number of amidine groups is 1. The Labute approximate surface area is 103 Å². The largest absolute Gasteiger partial charge is 0.507 e. The molecule has 2 N–H and O–H groups in total. The summed E-state index contributed by atoms with van der Waals surface area (Å²) in [4.78, 5) is 15.8. The average Bonchev–Trinajstić information content (AvgIpc) is 2.63. The lowest BCUT2D eigenvalue weighted by Crippen LogP contribution is -2.21. The number of rotatable bonds is 2. The van der Waals surface area contributed by atoms with Crippen molar-refractivity contribution in [1.29, 1.82) is 0 Å². The summed E-state index contributed by atoms with van der Waals surface area (Å²) in [5, 5.41) is 12.9. The number of amides is 1. The van der Waals surface area contributed by atoms with Gasteiger partial charge in [0.2, 0.25) is 0 Å². The molecule has 88 valence electrons. The number of nitrogens with one attached hydrogen (secondary N) is 1. The Morgan fingerprint density at radius 2 is 2.24 bits per heavy atom. The van der Waals surface area contributed by atoms with Crippen LogP contribution in [0.3, 0.4) is 0 Å². The number of phenols is 1. The van der Waals surface area contributed by atoms with Crippen LogP contribution >= 0.6 is 11.8 Å². The van der Waals surface area contributed by atoms with Gasteiger partial charge in [-0.1, -0.05) is 36.9 Å². The normalized spacial score (nSPS) is 17.1. The van der Waals surface area contributed by atoms with Gasteiger partial charge in [-0.05, 0) is 17.9 Å². The molecule has 1 aromatic rings. The number of benzene rings is 1. The van der Waals surface area contributed by atoms with E-state index in [1.54, 1.807) is 30.3 Å². The highest BCUT2D eigenvalue weighted by Crippen LogP contribution is 2.21. The van der Waals surface area contributed by atoms with Crippen LogP contribution < -0.4 is 5.32 Å². The minimum Gasteiger partial charge on any atom is -0.507 e. The van der Waals surface area contributed by atoms with E-state index >= 15 is 0 Å². The molecule has 0 atom stereocenters. The topological polar surface area (TPSA) is 61.7 Å². The number of para-hydroxylation sites is 1. The van der Waals surface area contributed by atoms with Gasteiger partial charge in [-0.25, -0.2) is 4.99 Å².